The Balaban J connectivity index is 2.02. The minimum atomic E-state index is 0.485. The maximum absolute atomic E-state index is 5.54. The van der Waals surface area contributed by atoms with Crippen molar-refractivity contribution < 1.29 is 4.74 Å². The third-order valence-corrected chi connectivity index (χ3v) is 2.80. The van der Waals surface area contributed by atoms with Crippen LogP contribution in [-0.4, -0.2) is 42.7 Å². The average Bonchev–Trinajstić information content (AvgIpc) is 2.67. The van der Waals surface area contributed by atoms with Gasteiger partial charge in [0.2, 0.25) is 0 Å². The van der Waals surface area contributed by atoms with E-state index in [2.05, 4.69) is 22.2 Å². The van der Waals surface area contributed by atoms with Crippen molar-refractivity contribution in [1.29, 1.82) is 0 Å². The molecule has 0 aliphatic carbocycles. The summed E-state index contributed by atoms with van der Waals surface area (Å²) in [5, 5.41) is 3.45. The summed E-state index contributed by atoms with van der Waals surface area (Å²) >= 11 is 0. The Bertz CT molecular complexity index is 343. The third-order valence-electron chi connectivity index (χ3n) is 2.80. The molecule has 16 heavy (non-hydrogen) atoms. The number of pyridine rings is 1. The summed E-state index contributed by atoms with van der Waals surface area (Å²) in [5.74, 6) is 1.71. The van der Waals surface area contributed by atoms with Crippen molar-refractivity contribution in [2.45, 2.75) is 19.4 Å². The number of ether oxygens (including phenoxy) is 1. The van der Waals surface area contributed by atoms with Crippen LogP contribution in [0.25, 0.3) is 0 Å². The Labute approximate surface area is 96.6 Å². The van der Waals surface area contributed by atoms with E-state index in [0.717, 1.165) is 24.7 Å². The Kier molecular flexibility index (Phi) is 3.62. The lowest BCUT2D eigenvalue weighted by atomic mass is 10.2. The predicted octanol–water partition coefficient (Wildman–Crippen LogP) is 1.60. The van der Waals surface area contributed by atoms with E-state index in [-0.39, 0.29) is 0 Å². The molecule has 1 aromatic heterocycles. The molecular weight excluding hydrogens is 202 g/mol. The number of nitrogens with zero attached hydrogens (tertiary/aromatic N) is 2. The quantitative estimate of drug-likeness (QED) is 0.838. The number of rotatable bonds is 4. The average molecular weight is 221 g/mol. The molecule has 1 atom stereocenters. The fourth-order valence-electron chi connectivity index (χ4n) is 2.02. The maximum Gasteiger partial charge on any atom is 0.169 e. The van der Waals surface area contributed by atoms with Gasteiger partial charge in [-0.1, -0.05) is 0 Å². The number of likely N-dealkylation sites (tertiary alicyclic amines) is 1. The van der Waals surface area contributed by atoms with Gasteiger partial charge in [-0.15, -0.1) is 0 Å². The van der Waals surface area contributed by atoms with Gasteiger partial charge < -0.3 is 15.0 Å². The van der Waals surface area contributed by atoms with Crippen LogP contribution >= 0.6 is 0 Å². The second-order valence-corrected chi connectivity index (χ2v) is 4.18. The molecule has 1 aliphatic heterocycles. The lowest BCUT2D eigenvalue weighted by molar-refractivity contribution is 0.340. The van der Waals surface area contributed by atoms with Gasteiger partial charge in [-0.25, -0.2) is 4.98 Å². The van der Waals surface area contributed by atoms with E-state index in [4.69, 9.17) is 4.74 Å². The van der Waals surface area contributed by atoms with Crippen molar-refractivity contribution >= 4 is 5.82 Å². The van der Waals surface area contributed by atoms with Gasteiger partial charge in [0.25, 0.3) is 0 Å². The zero-order valence-corrected chi connectivity index (χ0v) is 9.94. The largest absolute Gasteiger partial charge is 0.490 e. The SMILES string of the molecule is CCOc1cccnc1NC1CCN(C)C1. The first kappa shape index (κ1) is 11.2. The standard InChI is InChI=1S/C12H19N3O/c1-3-16-11-5-4-7-13-12(11)14-10-6-8-15(2)9-10/h4-5,7,10H,3,6,8-9H2,1-2H3,(H,13,14). The zero-order valence-electron chi connectivity index (χ0n) is 9.94. The third kappa shape index (κ3) is 2.64. The summed E-state index contributed by atoms with van der Waals surface area (Å²) in [6.45, 7) is 4.88. The minimum absolute atomic E-state index is 0.485. The van der Waals surface area contributed by atoms with Crippen LogP contribution in [0.15, 0.2) is 18.3 Å². The molecule has 2 rings (SSSR count). The Morgan fingerprint density at radius 3 is 3.19 bits per heavy atom. The van der Waals surface area contributed by atoms with Crippen molar-refractivity contribution in [2.75, 3.05) is 32.1 Å². The fraction of sp³-hybridized carbons (Fsp3) is 0.583. The molecule has 1 saturated heterocycles. The first-order valence-corrected chi connectivity index (χ1v) is 5.82. The van der Waals surface area contributed by atoms with Crippen molar-refractivity contribution in [3.05, 3.63) is 18.3 Å². The number of anilines is 1. The van der Waals surface area contributed by atoms with Crippen LogP contribution in [0.2, 0.25) is 0 Å². The van der Waals surface area contributed by atoms with Gasteiger partial charge >= 0.3 is 0 Å². The monoisotopic (exact) mass is 221 g/mol. The van der Waals surface area contributed by atoms with E-state index in [1.807, 2.05) is 19.1 Å². The second kappa shape index (κ2) is 5.16. The summed E-state index contributed by atoms with van der Waals surface area (Å²) in [6.07, 6.45) is 2.96. The molecule has 0 bridgehead atoms. The Morgan fingerprint density at radius 2 is 2.50 bits per heavy atom. The Hall–Kier alpha value is -1.29. The highest BCUT2D eigenvalue weighted by Crippen LogP contribution is 2.23. The van der Waals surface area contributed by atoms with E-state index in [0.29, 0.717) is 12.6 Å². The number of nitrogens with one attached hydrogen (secondary N) is 1. The molecule has 2 heterocycles. The van der Waals surface area contributed by atoms with Crippen LogP contribution in [0.1, 0.15) is 13.3 Å². The second-order valence-electron chi connectivity index (χ2n) is 4.18. The smallest absolute Gasteiger partial charge is 0.169 e. The highest BCUT2D eigenvalue weighted by molar-refractivity contribution is 5.50. The molecule has 0 amide bonds. The van der Waals surface area contributed by atoms with E-state index < -0.39 is 0 Å². The molecule has 1 aromatic rings. The van der Waals surface area contributed by atoms with Crippen molar-refractivity contribution in [2.24, 2.45) is 0 Å². The van der Waals surface area contributed by atoms with E-state index >= 15 is 0 Å². The molecule has 1 aliphatic rings. The van der Waals surface area contributed by atoms with Gasteiger partial charge in [-0.3, -0.25) is 0 Å². The van der Waals surface area contributed by atoms with Crippen LogP contribution in [0.3, 0.4) is 0 Å². The van der Waals surface area contributed by atoms with Gasteiger partial charge in [0.05, 0.1) is 6.61 Å². The molecular formula is C12H19N3O. The molecule has 4 heteroatoms. The normalized spacial score (nSPS) is 21.0. The highest BCUT2D eigenvalue weighted by atomic mass is 16.5. The molecule has 1 unspecified atom stereocenters. The van der Waals surface area contributed by atoms with Crippen molar-refractivity contribution in [1.82, 2.24) is 9.88 Å². The predicted molar refractivity (Wildman–Crippen MR) is 64.9 cm³/mol. The molecule has 1 N–H and O–H groups in total. The van der Waals surface area contributed by atoms with E-state index in [1.54, 1.807) is 6.20 Å². The fourth-order valence-corrected chi connectivity index (χ4v) is 2.02. The molecule has 88 valence electrons. The van der Waals surface area contributed by atoms with Crippen LogP contribution < -0.4 is 10.1 Å². The maximum atomic E-state index is 5.54. The molecule has 4 nitrogen and oxygen atoms in total. The van der Waals surface area contributed by atoms with Crippen LogP contribution in [0.5, 0.6) is 5.75 Å². The van der Waals surface area contributed by atoms with Crippen LogP contribution in [-0.2, 0) is 0 Å². The molecule has 0 aromatic carbocycles. The summed E-state index contributed by atoms with van der Waals surface area (Å²) < 4.78 is 5.54. The summed E-state index contributed by atoms with van der Waals surface area (Å²) in [4.78, 5) is 6.65. The molecule has 0 spiro atoms. The zero-order chi connectivity index (χ0) is 11.4. The highest BCUT2D eigenvalue weighted by Gasteiger charge is 2.20. The summed E-state index contributed by atoms with van der Waals surface area (Å²) in [5.41, 5.74) is 0. The van der Waals surface area contributed by atoms with Gasteiger partial charge in [-0.05, 0) is 39.1 Å². The van der Waals surface area contributed by atoms with Crippen LogP contribution in [0, 0.1) is 0 Å². The van der Waals surface area contributed by atoms with E-state index in [9.17, 15) is 0 Å². The topological polar surface area (TPSA) is 37.4 Å². The first-order chi connectivity index (χ1) is 7.79. The first-order valence-electron chi connectivity index (χ1n) is 5.82. The van der Waals surface area contributed by atoms with Gasteiger partial charge in [0.15, 0.2) is 11.6 Å². The number of aromatic nitrogens is 1. The lowest BCUT2D eigenvalue weighted by Gasteiger charge is -2.16. The van der Waals surface area contributed by atoms with Crippen molar-refractivity contribution in [3.8, 4) is 5.75 Å². The van der Waals surface area contributed by atoms with Gasteiger partial charge in [0.1, 0.15) is 0 Å². The summed E-state index contributed by atoms with van der Waals surface area (Å²) in [6, 6.07) is 4.34. The van der Waals surface area contributed by atoms with Crippen LogP contribution in [0.4, 0.5) is 5.82 Å². The number of likely N-dealkylation sites (N-methyl/N-ethyl adjacent to an activating group) is 1. The van der Waals surface area contributed by atoms with E-state index in [1.165, 1.54) is 6.42 Å². The van der Waals surface area contributed by atoms with Gasteiger partial charge in [-0.2, -0.15) is 0 Å². The number of hydrogen-bond donors (Lipinski definition) is 1. The lowest BCUT2D eigenvalue weighted by Crippen LogP contribution is -2.24. The molecule has 1 fully saturated rings. The minimum Gasteiger partial charge on any atom is -0.490 e. The molecule has 0 radical (unpaired) electrons. The Morgan fingerprint density at radius 1 is 1.62 bits per heavy atom. The molecule has 0 saturated carbocycles. The summed E-state index contributed by atoms with van der Waals surface area (Å²) in [7, 11) is 2.14. The van der Waals surface area contributed by atoms with Gasteiger partial charge in [0, 0.05) is 18.8 Å². The van der Waals surface area contributed by atoms with Crippen molar-refractivity contribution in [3.63, 3.8) is 0 Å². The number of hydrogen-bond acceptors (Lipinski definition) is 4.